The van der Waals surface area contributed by atoms with Crippen molar-refractivity contribution in [3.05, 3.63) is 53.0 Å². The van der Waals surface area contributed by atoms with Crippen LogP contribution in [0.5, 0.6) is 5.75 Å². The van der Waals surface area contributed by atoms with E-state index in [2.05, 4.69) is 29.8 Å². The number of hydrogen-bond donors (Lipinski definition) is 0. The summed E-state index contributed by atoms with van der Waals surface area (Å²) in [6.45, 7) is 6.11. The SMILES string of the molecule is CC(C)CN1CCN(c2ccc(S(=O)(=O)Oc3cccc(Br)c3)cc2)C1=O. The van der Waals surface area contributed by atoms with Crippen LogP contribution in [0.2, 0.25) is 0 Å². The van der Waals surface area contributed by atoms with Crippen molar-refractivity contribution in [2.75, 3.05) is 24.5 Å². The molecular weight excluding hydrogens is 432 g/mol. The van der Waals surface area contributed by atoms with Crippen molar-refractivity contribution in [3.63, 3.8) is 0 Å². The van der Waals surface area contributed by atoms with Crippen molar-refractivity contribution in [3.8, 4) is 5.75 Å². The highest BCUT2D eigenvalue weighted by molar-refractivity contribution is 9.10. The topological polar surface area (TPSA) is 66.9 Å². The number of carbonyl (C=O) groups is 1. The minimum Gasteiger partial charge on any atom is -0.379 e. The molecule has 3 rings (SSSR count). The van der Waals surface area contributed by atoms with Crippen LogP contribution in [0.3, 0.4) is 0 Å². The first-order valence-corrected chi connectivity index (χ1v) is 10.8. The molecular formula is C19H21BrN2O4S. The molecule has 27 heavy (non-hydrogen) atoms. The Labute approximate surface area is 168 Å². The molecule has 0 aromatic heterocycles. The van der Waals surface area contributed by atoms with E-state index >= 15 is 0 Å². The number of nitrogens with zero attached hydrogens (tertiary/aromatic N) is 2. The second-order valence-corrected chi connectivity index (χ2v) is 9.22. The average molecular weight is 453 g/mol. The van der Waals surface area contributed by atoms with Gasteiger partial charge in [-0.15, -0.1) is 0 Å². The van der Waals surface area contributed by atoms with Gasteiger partial charge in [-0.2, -0.15) is 8.42 Å². The van der Waals surface area contributed by atoms with Gasteiger partial charge in [-0.25, -0.2) is 4.79 Å². The van der Waals surface area contributed by atoms with Crippen LogP contribution in [0.4, 0.5) is 10.5 Å². The molecule has 0 bridgehead atoms. The third kappa shape index (κ3) is 4.62. The number of rotatable bonds is 6. The van der Waals surface area contributed by atoms with Crippen LogP contribution in [-0.2, 0) is 10.1 Å². The summed E-state index contributed by atoms with van der Waals surface area (Å²) in [4.78, 5) is 16.0. The molecule has 1 fully saturated rings. The Morgan fingerprint density at radius 3 is 2.44 bits per heavy atom. The van der Waals surface area contributed by atoms with E-state index in [1.807, 2.05) is 4.90 Å². The lowest BCUT2D eigenvalue weighted by Gasteiger charge is -2.20. The highest BCUT2D eigenvalue weighted by atomic mass is 79.9. The predicted octanol–water partition coefficient (Wildman–Crippen LogP) is 4.11. The molecule has 144 valence electrons. The molecule has 0 aliphatic carbocycles. The van der Waals surface area contributed by atoms with Gasteiger partial charge >= 0.3 is 16.1 Å². The molecule has 0 spiro atoms. The number of urea groups is 1. The Morgan fingerprint density at radius 1 is 1.11 bits per heavy atom. The molecule has 2 aromatic carbocycles. The van der Waals surface area contributed by atoms with Gasteiger partial charge in [0.1, 0.15) is 10.6 Å². The zero-order valence-corrected chi connectivity index (χ0v) is 17.5. The molecule has 8 heteroatoms. The zero-order valence-electron chi connectivity index (χ0n) is 15.1. The van der Waals surface area contributed by atoms with Gasteiger partial charge in [0.2, 0.25) is 0 Å². The van der Waals surface area contributed by atoms with E-state index in [4.69, 9.17) is 4.18 Å². The molecule has 0 N–H and O–H groups in total. The molecule has 0 radical (unpaired) electrons. The first-order valence-electron chi connectivity index (χ1n) is 8.63. The van der Waals surface area contributed by atoms with Crippen LogP contribution in [-0.4, -0.2) is 39.0 Å². The van der Waals surface area contributed by atoms with E-state index in [1.165, 1.54) is 12.1 Å². The summed E-state index contributed by atoms with van der Waals surface area (Å²) in [5.41, 5.74) is 0.674. The van der Waals surface area contributed by atoms with Crippen LogP contribution in [0, 0.1) is 5.92 Å². The average Bonchev–Trinajstić information content (AvgIpc) is 2.95. The first kappa shape index (κ1) is 19.7. The summed E-state index contributed by atoms with van der Waals surface area (Å²) in [6, 6.07) is 12.8. The number of hydrogen-bond acceptors (Lipinski definition) is 4. The summed E-state index contributed by atoms with van der Waals surface area (Å²) in [5.74, 6) is 0.629. The second kappa shape index (κ2) is 7.90. The fourth-order valence-corrected chi connectivity index (χ4v) is 4.22. The van der Waals surface area contributed by atoms with Crippen molar-refractivity contribution in [1.29, 1.82) is 0 Å². The molecule has 1 aliphatic heterocycles. The minimum atomic E-state index is -3.95. The molecule has 0 saturated carbocycles. The Kier molecular flexibility index (Phi) is 5.76. The molecule has 6 nitrogen and oxygen atoms in total. The van der Waals surface area contributed by atoms with Gasteiger partial charge in [0, 0.05) is 29.8 Å². The first-order chi connectivity index (χ1) is 12.8. The van der Waals surface area contributed by atoms with Gasteiger partial charge in [-0.05, 0) is 48.4 Å². The molecule has 1 heterocycles. The minimum absolute atomic E-state index is 0.0388. The summed E-state index contributed by atoms with van der Waals surface area (Å²) in [7, 11) is -3.95. The van der Waals surface area contributed by atoms with E-state index in [0.717, 1.165) is 4.47 Å². The van der Waals surface area contributed by atoms with Crippen LogP contribution in [0.25, 0.3) is 0 Å². The summed E-state index contributed by atoms with van der Waals surface area (Å²) >= 11 is 3.28. The molecule has 2 amide bonds. The highest BCUT2D eigenvalue weighted by Crippen LogP contribution is 2.25. The van der Waals surface area contributed by atoms with Crippen molar-refractivity contribution in [1.82, 2.24) is 4.90 Å². The lowest BCUT2D eigenvalue weighted by molar-refractivity contribution is 0.215. The smallest absolute Gasteiger partial charge is 0.339 e. The third-order valence-corrected chi connectivity index (χ3v) is 5.87. The van der Waals surface area contributed by atoms with Gasteiger partial charge in [-0.3, -0.25) is 4.90 Å². The maximum absolute atomic E-state index is 12.5. The van der Waals surface area contributed by atoms with Gasteiger partial charge in [0.15, 0.2) is 0 Å². The Balaban J connectivity index is 1.74. The van der Waals surface area contributed by atoms with Crippen LogP contribution < -0.4 is 9.08 Å². The van der Waals surface area contributed by atoms with Crippen molar-refractivity contribution >= 4 is 37.8 Å². The maximum Gasteiger partial charge on any atom is 0.339 e. The Hall–Kier alpha value is -2.06. The lowest BCUT2D eigenvalue weighted by Crippen LogP contribution is -2.34. The Morgan fingerprint density at radius 2 is 1.81 bits per heavy atom. The van der Waals surface area contributed by atoms with Crippen molar-refractivity contribution < 1.29 is 17.4 Å². The molecule has 1 saturated heterocycles. The zero-order chi connectivity index (χ0) is 19.6. The highest BCUT2D eigenvalue weighted by Gasteiger charge is 2.30. The largest absolute Gasteiger partial charge is 0.379 e. The van der Waals surface area contributed by atoms with Gasteiger partial charge in [0.05, 0.1) is 0 Å². The summed E-state index contributed by atoms with van der Waals surface area (Å²) in [6.07, 6.45) is 0. The number of benzene rings is 2. The number of amides is 2. The van der Waals surface area contributed by atoms with E-state index in [9.17, 15) is 13.2 Å². The second-order valence-electron chi connectivity index (χ2n) is 6.76. The third-order valence-electron chi connectivity index (χ3n) is 4.12. The molecule has 0 unspecified atom stereocenters. The molecule has 1 aliphatic rings. The standard InChI is InChI=1S/C19H21BrN2O4S/c1-14(2)13-21-10-11-22(19(21)23)16-6-8-18(9-7-16)27(24,25)26-17-5-3-4-15(20)12-17/h3-9,12,14H,10-11,13H2,1-2H3. The summed E-state index contributed by atoms with van der Waals surface area (Å²) < 4.78 is 30.8. The number of carbonyl (C=O) groups excluding carboxylic acids is 1. The van der Waals surface area contributed by atoms with E-state index in [-0.39, 0.29) is 16.7 Å². The van der Waals surface area contributed by atoms with E-state index in [1.54, 1.807) is 41.3 Å². The van der Waals surface area contributed by atoms with Gasteiger partial charge in [-0.1, -0.05) is 35.8 Å². The molecule has 2 aromatic rings. The van der Waals surface area contributed by atoms with Crippen LogP contribution in [0.15, 0.2) is 57.9 Å². The van der Waals surface area contributed by atoms with Gasteiger partial charge < -0.3 is 9.08 Å². The fraction of sp³-hybridized carbons (Fsp3) is 0.316. The van der Waals surface area contributed by atoms with Crippen molar-refractivity contribution in [2.24, 2.45) is 5.92 Å². The van der Waals surface area contributed by atoms with Gasteiger partial charge in [0.25, 0.3) is 0 Å². The molecule has 0 atom stereocenters. The normalized spacial score (nSPS) is 14.9. The number of halogens is 1. The maximum atomic E-state index is 12.5. The predicted molar refractivity (Wildman–Crippen MR) is 108 cm³/mol. The van der Waals surface area contributed by atoms with E-state index < -0.39 is 10.1 Å². The quantitative estimate of drug-likeness (QED) is 0.618. The lowest BCUT2D eigenvalue weighted by atomic mass is 10.2. The fourth-order valence-electron chi connectivity index (χ4n) is 2.92. The number of anilines is 1. The van der Waals surface area contributed by atoms with Crippen molar-refractivity contribution in [2.45, 2.75) is 18.7 Å². The van der Waals surface area contributed by atoms with Crippen LogP contribution in [0.1, 0.15) is 13.8 Å². The summed E-state index contributed by atoms with van der Waals surface area (Å²) in [5, 5.41) is 0. The monoisotopic (exact) mass is 452 g/mol. The van der Waals surface area contributed by atoms with Crippen LogP contribution >= 0.6 is 15.9 Å². The van der Waals surface area contributed by atoms with E-state index in [0.29, 0.717) is 31.2 Å². The Bertz CT molecular complexity index is 929.